The molecule has 0 saturated heterocycles. The Morgan fingerprint density at radius 2 is 0.806 bits per heavy atom. The highest BCUT2D eigenvalue weighted by Crippen LogP contribution is 2.23. The molecule has 6 rings (SSSR count). The maximum absolute atomic E-state index is 13.8. The summed E-state index contributed by atoms with van der Waals surface area (Å²) >= 11 is 0. The summed E-state index contributed by atoms with van der Waals surface area (Å²) in [5, 5.41) is 0.483. The molecule has 0 saturated carbocycles. The summed E-state index contributed by atoms with van der Waals surface area (Å²) in [5.74, 6) is 0. The van der Waals surface area contributed by atoms with Crippen LogP contribution < -0.4 is 11.2 Å². The van der Waals surface area contributed by atoms with E-state index in [4.69, 9.17) is 0 Å². The van der Waals surface area contributed by atoms with E-state index in [1.54, 1.807) is 10.6 Å². The minimum atomic E-state index is -0.404. The zero-order valence-corrected chi connectivity index (χ0v) is 19.4. The largest absolute Gasteiger partial charge is 0.340 e. The van der Waals surface area contributed by atoms with Gasteiger partial charge in [-0.2, -0.15) is 0 Å². The third-order valence-electron chi connectivity index (χ3n) is 6.43. The first-order valence-corrected chi connectivity index (χ1v) is 11.8. The van der Waals surface area contributed by atoms with Gasteiger partial charge in [0.2, 0.25) is 0 Å². The zero-order valence-electron chi connectivity index (χ0n) is 19.4. The molecule has 0 radical (unpaired) electrons. The van der Waals surface area contributed by atoms with Crippen LogP contribution in [0, 0.1) is 0 Å². The van der Waals surface area contributed by atoms with Crippen molar-refractivity contribution in [3.63, 3.8) is 0 Å². The average Bonchev–Trinajstić information content (AvgIpc) is 2.95. The number of fused-ring (bicyclic) bond motifs is 1. The van der Waals surface area contributed by atoms with Gasteiger partial charge in [-0.3, -0.25) is 9.36 Å². The Bertz CT molecular complexity index is 1780. The lowest BCUT2D eigenvalue weighted by Crippen LogP contribution is -2.38. The van der Waals surface area contributed by atoms with Crippen molar-refractivity contribution in [2.75, 3.05) is 0 Å². The van der Waals surface area contributed by atoms with E-state index in [2.05, 4.69) is 12.1 Å². The molecule has 6 aromatic rings. The van der Waals surface area contributed by atoms with E-state index in [1.165, 1.54) is 4.57 Å². The van der Waals surface area contributed by atoms with Gasteiger partial charge >= 0.3 is 5.69 Å². The third kappa shape index (κ3) is 3.75. The van der Waals surface area contributed by atoms with Crippen molar-refractivity contribution in [2.24, 2.45) is 0 Å². The van der Waals surface area contributed by atoms with E-state index in [0.717, 1.165) is 22.3 Å². The van der Waals surface area contributed by atoms with Gasteiger partial charge in [0.15, 0.2) is 0 Å². The van der Waals surface area contributed by atoms with Crippen LogP contribution in [0.15, 0.2) is 143 Å². The first-order valence-electron chi connectivity index (χ1n) is 11.8. The third-order valence-corrected chi connectivity index (χ3v) is 6.43. The highest BCUT2D eigenvalue weighted by molar-refractivity contribution is 5.80. The summed E-state index contributed by atoms with van der Waals surface area (Å²) in [6.07, 6.45) is 0. The Labute approximate surface area is 208 Å². The van der Waals surface area contributed by atoms with Crippen molar-refractivity contribution in [1.29, 1.82) is 0 Å². The predicted octanol–water partition coefficient (Wildman–Crippen LogP) is 6.48. The molecule has 0 fully saturated rings. The van der Waals surface area contributed by atoms with Gasteiger partial charge in [0.25, 0.3) is 5.56 Å². The van der Waals surface area contributed by atoms with E-state index in [9.17, 15) is 9.59 Å². The van der Waals surface area contributed by atoms with Crippen LogP contribution in [-0.4, -0.2) is 9.13 Å². The molecule has 0 aliphatic heterocycles. The Morgan fingerprint density at radius 3 is 1.33 bits per heavy atom. The molecule has 5 aromatic carbocycles. The normalized spacial score (nSPS) is 11.0. The van der Waals surface area contributed by atoms with Crippen molar-refractivity contribution in [1.82, 2.24) is 9.13 Å². The average molecular weight is 467 g/mol. The molecule has 0 spiro atoms. The van der Waals surface area contributed by atoms with Crippen LogP contribution in [0.5, 0.6) is 0 Å². The molecule has 0 amide bonds. The summed E-state index contributed by atoms with van der Waals surface area (Å²) in [6.45, 7) is 0. The Balaban J connectivity index is 1.52. The minimum absolute atomic E-state index is 0.333. The zero-order chi connectivity index (χ0) is 24.5. The number of nitrogens with zero attached hydrogens (tertiary/aromatic N) is 2. The van der Waals surface area contributed by atoms with Crippen LogP contribution in [-0.2, 0) is 0 Å². The topological polar surface area (TPSA) is 44.0 Å². The van der Waals surface area contributed by atoms with Gasteiger partial charge in [0.1, 0.15) is 0 Å². The monoisotopic (exact) mass is 466 g/mol. The molecule has 1 heterocycles. The maximum Gasteiger partial charge on any atom is 0.340 e. The quantitative estimate of drug-likeness (QED) is 0.299. The molecule has 0 atom stereocenters. The smallest absolute Gasteiger partial charge is 0.268 e. The molecule has 4 nitrogen and oxygen atoms in total. The number of aromatic nitrogens is 2. The molecular weight excluding hydrogens is 444 g/mol. The molecule has 0 N–H and O–H groups in total. The molecule has 4 heteroatoms. The molecule has 1 aromatic heterocycles. The Kier molecular flexibility index (Phi) is 5.39. The van der Waals surface area contributed by atoms with Crippen molar-refractivity contribution in [2.45, 2.75) is 0 Å². The van der Waals surface area contributed by atoms with Gasteiger partial charge in [0.05, 0.1) is 22.3 Å². The van der Waals surface area contributed by atoms with Gasteiger partial charge in [-0.15, -0.1) is 0 Å². The summed E-state index contributed by atoms with van der Waals surface area (Å²) in [4.78, 5) is 27.3. The lowest BCUT2D eigenvalue weighted by atomic mass is 10.1. The Hall–Kier alpha value is -4.96. The second-order valence-corrected chi connectivity index (χ2v) is 8.60. The van der Waals surface area contributed by atoms with Crippen LogP contribution in [0.3, 0.4) is 0 Å². The lowest BCUT2D eigenvalue weighted by molar-refractivity contribution is 0.835. The SMILES string of the molecule is O=c1c2ccccc2n(-c2ccc(-c3ccccc3)cc2)c(=O)n1-c1ccc(-c2ccccc2)cc1. The van der Waals surface area contributed by atoms with Crippen LogP contribution in [0.25, 0.3) is 44.5 Å². The van der Waals surface area contributed by atoms with Crippen molar-refractivity contribution >= 4 is 10.9 Å². The molecule has 172 valence electrons. The fourth-order valence-electron chi connectivity index (χ4n) is 4.60. The van der Waals surface area contributed by atoms with Crippen LogP contribution >= 0.6 is 0 Å². The van der Waals surface area contributed by atoms with Crippen molar-refractivity contribution in [3.8, 4) is 33.6 Å². The molecule has 0 aliphatic carbocycles. The number of para-hydroxylation sites is 1. The Morgan fingerprint density at radius 1 is 0.389 bits per heavy atom. The predicted molar refractivity (Wildman–Crippen MR) is 146 cm³/mol. The maximum atomic E-state index is 13.8. The highest BCUT2D eigenvalue weighted by Gasteiger charge is 2.16. The van der Waals surface area contributed by atoms with Crippen molar-refractivity contribution in [3.05, 3.63) is 154 Å². The lowest BCUT2D eigenvalue weighted by Gasteiger charge is -2.15. The standard InChI is InChI=1S/C32H22N2O2/c35-31-29-13-7-8-14-30(29)33(27-19-15-25(16-20-27)23-9-3-1-4-10-23)32(36)34(31)28-21-17-26(18-22-28)24-11-5-2-6-12-24/h1-22H. The fourth-order valence-corrected chi connectivity index (χ4v) is 4.60. The summed E-state index contributed by atoms with van der Waals surface area (Å²) in [6, 6.07) is 42.7. The van der Waals surface area contributed by atoms with Crippen molar-refractivity contribution < 1.29 is 0 Å². The van der Waals surface area contributed by atoms with Gasteiger partial charge < -0.3 is 0 Å². The van der Waals surface area contributed by atoms with Gasteiger partial charge in [-0.1, -0.05) is 97.1 Å². The van der Waals surface area contributed by atoms with Gasteiger partial charge in [-0.05, 0) is 58.7 Å². The van der Waals surface area contributed by atoms with Crippen LogP contribution in [0.1, 0.15) is 0 Å². The second kappa shape index (κ2) is 9.01. The van der Waals surface area contributed by atoms with Crippen LogP contribution in [0.4, 0.5) is 0 Å². The second-order valence-electron chi connectivity index (χ2n) is 8.60. The van der Waals surface area contributed by atoms with E-state index in [0.29, 0.717) is 22.3 Å². The first kappa shape index (κ1) is 21.6. The fraction of sp³-hybridized carbons (Fsp3) is 0. The first-order chi connectivity index (χ1) is 17.7. The summed E-state index contributed by atoms with van der Waals surface area (Å²) < 4.78 is 2.86. The molecule has 36 heavy (non-hydrogen) atoms. The van der Waals surface area contributed by atoms with Gasteiger partial charge in [-0.25, -0.2) is 9.36 Å². The number of rotatable bonds is 4. The van der Waals surface area contributed by atoms with Gasteiger partial charge in [0, 0.05) is 0 Å². The summed E-state index contributed by atoms with van der Waals surface area (Å²) in [7, 11) is 0. The van der Waals surface area contributed by atoms with E-state index >= 15 is 0 Å². The number of hydrogen-bond donors (Lipinski definition) is 0. The number of hydrogen-bond acceptors (Lipinski definition) is 2. The summed E-state index contributed by atoms with van der Waals surface area (Å²) in [5.41, 5.74) is 5.33. The molecule has 0 bridgehead atoms. The van der Waals surface area contributed by atoms with Crippen LogP contribution in [0.2, 0.25) is 0 Å². The number of benzene rings is 5. The van der Waals surface area contributed by atoms with E-state index < -0.39 is 5.69 Å². The van der Waals surface area contributed by atoms with E-state index in [1.807, 2.05) is 115 Å². The van der Waals surface area contributed by atoms with E-state index in [-0.39, 0.29) is 5.56 Å². The molecule has 0 aliphatic rings. The molecular formula is C32H22N2O2. The molecule has 0 unspecified atom stereocenters. The highest BCUT2D eigenvalue weighted by atomic mass is 16.2. The minimum Gasteiger partial charge on any atom is -0.268 e.